The fourth-order valence-electron chi connectivity index (χ4n) is 2.09. The standard InChI is InChI=1S/C16H31N5/c1-6-21(9-7-8-20(4)5)16-18-12-15(13-19-16)11-17-10-14(2)3/h12-14,17H,6-11H2,1-5H3. The van der Waals surface area contributed by atoms with Gasteiger partial charge >= 0.3 is 0 Å². The Morgan fingerprint density at radius 3 is 2.33 bits per heavy atom. The highest BCUT2D eigenvalue weighted by atomic mass is 15.2. The molecule has 0 spiro atoms. The largest absolute Gasteiger partial charge is 0.341 e. The first-order valence-corrected chi connectivity index (χ1v) is 7.94. The fourth-order valence-corrected chi connectivity index (χ4v) is 2.09. The molecule has 0 unspecified atom stereocenters. The van der Waals surface area contributed by atoms with Crippen molar-refractivity contribution in [2.75, 3.05) is 45.2 Å². The monoisotopic (exact) mass is 293 g/mol. The maximum Gasteiger partial charge on any atom is 0.225 e. The smallest absolute Gasteiger partial charge is 0.225 e. The molecule has 0 bridgehead atoms. The molecule has 120 valence electrons. The summed E-state index contributed by atoms with van der Waals surface area (Å²) in [4.78, 5) is 13.5. The Bertz CT molecular complexity index is 375. The molecule has 1 heterocycles. The van der Waals surface area contributed by atoms with Crippen LogP contribution in [0.5, 0.6) is 0 Å². The number of rotatable bonds is 10. The lowest BCUT2D eigenvalue weighted by Gasteiger charge is -2.21. The molecule has 0 aromatic carbocycles. The van der Waals surface area contributed by atoms with Crippen LogP contribution in [0.15, 0.2) is 12.4 Å². The molecule has 0 amide bonds. The van der Waals surface area contributed by atoms with E-state index < -0.39 is 0 Å². The van der Waals surface area contributed by atoms with E-state index in [2.05, 4.69) is 60.0 Å². The summed E-state index contributed by atoms with van der Waals surface area (Å²) in [5.74, 6) is 1.50. The number of anilines is 1. The summed E-state index contributed by atoms with van der Waals surface area (Å²) in [6.45, 7) is 11.5. The molecule has 1 aromatic heterocycles. The second-order valence-corrected chi connectivity index (χ2v) is 6.15. The second-order valence-electron chi connectivity index (χ2n) is 6.15. The Hall–Kier alpha value is -1.20. The highest BCUT2D eigenvalue weighted by Gasteiger charge is 2.07. The van der Waals surface area contributed by atoms with Gasteiger partial charge in [-0.3, -0.25) is 0 Å². The van der Waals surface area contributed by atoms with E-state index in [1.54, 1.807) is 0 Å². The topological polar surface area (TPSA) is 44.3 Å². The number of nitrogens with zero attached hydrogens (tertiary/aromatic N) is 4. The van der Waals surface area contributed by atoms with Crippen molar-refractivity contribution in [3.05, 3.63) is 18.0 Å². The van der Waals surface area contributed by atoms with E-state index in [4.69, 9.17) is 0 Å². The van der Waals surface area contributed by atoms with Gasteiger partial charge in [-0.05, 0) is 46.4 Å². The first-order chi connectivity index (χ1) is 10.0. The van der Waals surface area contributed by atoms with Gasteiger partial charge < -0.3 is 15.1 Å². The van der Waals surface area contributed by atoms with Gasteiger partial charge in [-0.15, -0.1) is 0 Å². The summed E-state index contributed by atoms with van der Waals surface area (Å²) in [7, 11) is 4.21. The van der Waals surface area contributed by atoms with Crippen molar-refractivity contribution in [1.29, 1.82) is 0 Å². The maximum atomic E-state index is 4.51. The number of hydrogen-bond donors (Lipinski definition) is 1. The van der Waals surface area contributed by atoms with Crippen LogP contribution < -0.4 is 10.2 Å². The van der Waals surface area contributed by atoms with Crippen LogP contribution in [0.1, 0.15) is 32.8 Å². The van der Waals surface area contributed by atoms with E-state index in [0.29, 0.717) is 5.92 Å². The van der Waals surface area contributed by atoms with E-state index in [-0.39, 0.29) is 0 Å². The van der Waals surface area contributed by atoms with Crippen LogP contribution in [0.4, 0.5) is 5.95 Å². The summed E-state index contributed by atoms with van der Waals surface area (Å²) in [6.07, 6.45) is 5.00. The van der Waals surface area contributed by atoms with Gasteiger partial charge in [0, 0.05) is 37.6 Å². The van der Waals surface area contributed by atoms with Crippen LogP contribution in [0, 0.1) is 5.92 Å². The van der Waals surface area contributed by atoms with Gasteiger partial charge in [0.05, 0.1) is 0 Å². The van der Waals surface area contributed by atoms with Gasteiger partial charge in [-0.1, -0.05) is 13.8 Å². The SMILES string of the molecule is CCN(CCCN(C)C)c1ncc(CNCC(C)C)cn1. The minimum absolute atomic E-state index is 0.664. The van der Waals surface area contributed by atoms with Gasteiger partial charge in [-0.2, -0.15) is 0 Å². The normalized spacial score (nSPS) is 11.4. The third-order valence-corrected chi connectivity index (χ3v) is 3.27. The Labute approximate surface area is 129 Å². The fraction of sp³-hybridized carbons (Fsp3) is 0.750. The zero-order valence-corrected chi connectivity index (χ0v) is 14.3. The van der Waals surface area contributed by atoms with E-state index in [0.717, 1.165) is 50.7 Å². The Balaban J connectivity index is 2.46. The van der Waals surface area contributed by atoms with Gasteiger partial charge in [0.1, 0.15) is 0 Å². The molecule has 0 aliphatic rings. The summed E-state index contributed by atoms with van der Waals surface area (Å²) in [5.41, 5.74) is 1.14. The molecular formula is C16H31N5. The molecule has 1 aromatic rings. The van der Waals surface area contributed by atoms with Crippen LogP contribution >= 0.6 is 0 Å². The van der Waals surface area contributed by atoms with Crippen LogP contribution in [-0.2, 0) is 6.54 Å². The van der Waals surface area contributed by atoms with E-state index in [1.165, 1.54) is 0 Å². The van der Waals surface area contributed by atoms with E-state index in [1.807, 2.05) is 12.4 Å². The number of nitrogens with one attached hydrogen (secondary N) is 1. The van der Waals surface area contributed by atoms with Crippen LogP contribution in [0.25, 0.3) is 0 Å². The van der Waals surface area contributed by atoms with Crippen LogP contribution in [0.3, 0.4) is 0 Å². The van der Waals surface area contributed by atoms with Crippen molar-refractivity contribution in [1.82, 2.24) is 20.2 Å². The summed E-state index contributed by atoms with van der Waals surface area (Å²) in [6, 6.07) is 0. The maximum absolute atomic E-state index is 4.51. The third kappa shape index (κ3) is 7.39. The van der Waals surface area contributed by atoms with Crippen molar-refractivity contribution in [3.8, 4) is 0 Å². The summed E-state index contributed by atoms with van der Waals surface area (Å²) in [5, 5.41) is 3.41. The highest BCUT2D eigenvalue weighted by molar-refractivity contribution is 5.29. The molecule has 5 heteroatoms. The van der Waals surface area contributed by atoms with Gasteiger partial charge in [0.25, 0.3) is 0 Å². The predicted molar refractivity (Wildman–Crippen MR) is 89.6 cm³/mol. The van der Waals surface area contributed by atoms with Crippen molar-refractivity contribution in [2.45, 2.75) is 33.7 Å². The molecule has 21 heavy (non-hydrogen) atoms. The molecule has 5 nitrogen and oxygen atoms in total. The van der Waals surface area contributed by atoms with Gasteiger partial charge in [-0.25, -0.2) is 9.97 Å². The molecule has 0 aliphatic heterocycles. The second kappa shape index (κ2) is 9.68. The molecular weight excluding hydrogens is 262 g/mol. The molecule has 0 aliphatic carbocycles. The first kappa shape index (κ1) is 17.9. The molecule has 1 N–H and O–H groups in total. The van der Waals surface area contributed by atoms with Crippen molar-refractivity contribution in [3.63, 3.8) is 0 Å². The Morgan fingerprint density at radius 2 is 1.81 bits per heavy atom. The van der Waals surface area contributed by atoms with E-state index in [9.17, 15) is 0 Å². The zero-order chi connectivity index (χ0) is 15.7. The number of aromatic nitrogens is 2. The molecule has 0 saturated heterocycles. The number of hydrogen-bond acceptors (Lipinski definition) is 5. The lowest BCUT2D eigenvalue weighted by molar-refractivity contribution is 0.400. The van der Waals surface area contributed by atoms with Crippen LogP contribution in [0.2, 0.25) is 0 Å². The van der Waals surface area contributed by atoms with Crippen molar-refractivity contribution < 1.29 is 0 Å². The predicted octanol–water partition coefficient (Wildman–Crippen LogP) is 2.00. The molecule has 0 fully saturated rings. The van der Waals surface area contributed by atoms with Gasteiger partial charge in [0.2, 0.25) is 5.95 Å². The summed E-state index contributed by atoms with van der Waals surface area (Å²) >= 11 is 0. The molecule has 0 radical (unpaired) electrons. The molecule has 0 atom stereocenters. The van der Waals surface area contributed by atoms with E-state index >= 15 is 0 Å². The van der Waals surface area contributed by atoms with Gasteiger partial charge in [0.15, 0.2) is 0 Å². The average Bonchev–Trinajstić information content (AvgIpc) is 2.44. The quantitative estimate of drug-likeness (QED) is 0.715. The summed E-state index contributed by atoms with van der Waals surface area (Å²) < 4.78 is 0. The lowest BCUT2D eigenvalue weighted by atomic mass is 10.2. The molecule has 0 saturated carbocycles. The van der Waals surface area contributed by atoms with Crippen LogP contribution in [-0.4, -0.2) is 55.1 Å². The minimum Gasteiger partial charge on any atom is -0.341 e. The Morgan fingerprint density at radius 1 is 1.14 bits per heavy atom. The Kier molecular flexibility index (Phi) is 8.23. The third-order valence-electron chi connectivity index (χ3n) is 3.27. The zero-order valence-electron chi connectivity index (χ0n) is 14.3. The minimum atomic E-state index is 0.664. The molecule has 1 rings (SSSR count). The first-order valence-electron chi connectivity index (χ1n) is 7.94. The highest BCUT2D eigenvalue weighted by Crippen LogP contribution is 2.08. The van der Waals surface area contributed by atoms with Crippen molar-refractivity contribution >= 4 is 5.95 Å². The average molecular weight is 293 g/mol. The van der Waals surface area contributed by atoms with Crippen molar-refractivity contribution in [2.24, 2.45) is 5.92 Å². The lowest BCUT2D eigenvalue weighted by Crippen LogP contribution is -2.28.